The smallest absolute Gasteiger partial charge is 0.338 e. The third-order valence-electron chi connectivity index (χ3n) is 4.37. The van der Waals surface area contributed by atoms with Crippen molar-refractivity contribution < 1.29 is 27.5 Å². The lowest BCUT2D eigenvalue weighted by Crippen LogP contribution is -2.46. The Morgan fingerprint density at radius 1 is 1.19 bits per heavy atom. The molecular formula is C19H27NO6S. The van der Waals surface area contributed by atoms with Crippen LogP contribution in [0.25, 0.3) is 0 Å². The zero-order chi connectivity index (χ0) is 20.2. The monoisotopic (exact) mass is 397 g/mol. The maximum atomic E-state index is 12.6. The van der Waals surface area contributed by atoms with Gasteiger partial charge in [-0.15, -0.1) is 0 Å². The first-order valence-electron chi connectivity index (χ1n) is 9.11. The van der Waals surface area contributed by atoms with Gasteiger partial charge in [0.2, 0.25) is 0 Å². The fourth-order valence-electron chi connectivity index (χ4n) is 3.07. The highest BCUT2D eigenvalue weighted by molar-refractivity contribution is 7.91. The number of amides is 1. The molecule has 0 radical (unpaired) electrons. The Balaban J connectivity index is 1.99. The number of likely N-dealkylation sites (N-methyl/N-ethyl adjacent to an activating group) is 1. The number of hydrogen-bond acceptors (Lipinski definition) is 6. The van der Waals surface area contributed by atoms with Gasteiger partial charge in [-0.05, 0) is 58.4 Å². The lowest BCUT2D eigenvalue weighted by Gasteiger charge is -2.29. The first-order chi connectivity index (χ1) is 12.6. The second kappa shape index (κ2) is 8.73. The van der Waals surface area contributed by atoms with Crippen molar-refractivity contribution in [3.63, 3.8) is 0 Å². The summed E-state index contributed by atoms with van der Waals surface area (Å²) >= 11 is 0. The van der Waals surface area contributed by atoms with Gasteiger partial charge in [0, 0.05) is 12.6 Å². The van der Waals surface area contributed by atoms with Crippen LogP contribution in [0.3, 0.4) is 0 Å². The molecule has 7 nitrogen and oxygen atoms in total. The highest BCUT2D eigenvalue weighted by Gasteiger charge is 2.36. The summed E-state index contributed by atoms with van der Waals surface area (Å²) in [5.74, 6) is -0.301. The van der Waals surface area contributed by atoms with Crippen LogP contribution in [-0.4, -0.2) is 61.5 Å². The highest BCUT2D eigenvalue weighted by Crippen LogP contribution is 2.20. The summed E-state index contributed by atoms with van der Waals surface area (Å²) in [6.45, 7) is 7.46. The van der Waals surface area contributed by atoms with Gasteiger partial charge in [0.25, 0.3) is 5.91 Å². The van der Waals surface area contributed by atoms with Crippen LogP contribution in [0, 0.1) is 0 Å². The maximum Gasteiger partial charge on any atom is 0.338 e. The van der Waals surface area contributed by atoms with Crippen LogP contribution < -0.4 is 4.74 Å². The molecule has 2 atom stereocenters. The normalized spacial score (nSPS) is 19.5. The topological polar surface area (TPSA) is 90.0 Å². The van der Waals surface area contributed by atoms with Gasteiger partial charge in [-0.25, -0.2) is 13.2 Å². The zero-order valence-electron chi connectivity index (χ0n) is 16.2. The summed E-state index contributed by atoms with van der Waals surface area (Å²) in [5.41, 5.74) is 0.317. The molecule has 1 aromatic carbocycles. The Bertz CT molecular complexity index is 772. The van der Waals surface area contributed by atoms with Gasteiger partial charge >= 0.3 is 5.97 Å². The highest BCUT2D eigenvalue weighted by atomic mass is 32.2. The van der Waals surface area contributed by atoms with E-state index in [1.54, 1.807) is 31.2 Å². The molecule has 1 aliphatic heterocycles. The van der Waals surface area contributed by atoms with Crippen LogP contribution in [0.2, 0.25) is 0 Å². The quantitative estimate of drug-likeness (QED) is 0.654. The number of rotatable bonds is 7. The predicted octanol–water partition coefficient (Wildman–Crippen LogP) is 2.05. The summed E-state index contributed by atoms with van der Waals surface area (Å²) < 4.78 is 34.2. The molecule has 1 fully saturated rings. The second-order valence-electron chi connectivity index (χ2n) is 6.92. The van der Waals surface area contributed by atoms with E-state index in [9.17, 15) is 18.0 Å². The Labute approximate surface area is 160 Å². The van der Waals surface area contributed by atoms with Crippen LogP contribution >= 0.6 is 0 Å². The first-order valence-corrected chi connectivity index (χ1v) is 10.9. The predicted molar refractivity (Wildman–Crippen MR) is 102 cm³/mol. The van der Waals surface area contributed by atoms with Gasteiger partial charge in [0.05, 0.1) is 23.2 Å². The van der Waals surface area contributed by atoms with E-state index in [1.807, 2.05) is 13.8 Å². The summed E-state index contributed by atoms with van der Waals surface area (Å²) in [7, 11) is -3.10. The molecule has 0 saturated carbocycles. The molecule has 1 aliphatic rings. The molecule has 8 heteroatoms. The molecule has 0 spiro atoms. The van der Waals surface area contributed by atoms with E-state index in [-0.39, 0.29) is 29.6 Å². The van der Waals surface area contributed by atoms with Crippen molar-refractivity contribution in [1.82, 2.24) is 4.90 Å². The van der Waals surface area contributed by atoms with Gasteiger partial charge in [-0.2, -0.15) is 0 Å². The fraction of sp³-hybridized carbons (Fsp3) is 0.579. The van der Waals surface area contributed by atoms with Crippen LogP contribution in [0.5, 0.6) is 5.75 Å². The first kappa shape index (κ1) is 21.2. The SMILES string of the molecule is CCN(C(=O)C(C)OC(=O)c1ccc(OC(C)C)cc1)C1CCS(=O)(=O)C1. The summed E-state index contributed by atoms with van der Waals surface area (Å²) in [6, 6.07) is 6.15. The van der Waals surface area contributed by atoms with Crippen molar-refractivity contribution in [2.24, 2.45) is 0 Å². The number of nitrogens with zero attached hydrogens (tertiary/aromatic N) is 1. The molecule has 1 aromatic rings. The molecular weight excluding hydrogens is 370 g/mol. The molecule has 2 unspecified atom stereocenters. The number of ether oxygens (including phenoxy) is 2. The number of sulfone groups is 1. The van der Waals surface area contributed by atoms with Crippen molar-refractivity contribution in [1.29, 1.82) is 0 Å². The second-order valence-corrected chi connectivity index (χ2v) is 9.15. The van der Waals surface area contributed by atoms with Crippen molar-refractivity contribution in [3.05, 3.63) is 29.8 Å². The molecule has 150 valence electrons. The Kier molecular flexibility index (Phi) is 6.86. The van der Waals surface area contributed by atoms with Crippen molar-refractivity contribution in [2.75, 3.05) is 18.1 Å². The van der Waals surface area contributed by atoms with Crippen LogP contribution in [0.4, 0.5) is 0 Å². The Hall–Kier alpha value is -2.09. The molecule has 1 saturated heterocycles. The van der Waals surface area contributed by atoms with Gasteiger partial charge in [0.1, 0.15) is 5.75 Å². The number of carbonyl (C=O) groups is 2. The van der Waals surface area contributed by atoms with Crippen molar-refractivity contribution >= 4 is 21.7 Å². The molecule has 0 aliphatic carbocycles. The number of esters is 1. The van der Waals surface area contributed by atoms with E-state index in [0.717, 1.165) is 0 Å². The average Bonchev–Trinajstić information content (AvgIpc) is 2.95. The van der Waals surface area contributed by atoms with Gasteiger partial charge < -0.3 is 14.4 Å². The number of hydrogen-bond donors (Lipinski definition) is 0. The van der Waals surface area contributed by atoms with Gasteiger partial charge in [-0.3, -0.25) is 4.79 Å². The lowest BCUT2D eigenvalue weighted by molar-refractivity contribution is -0.141. The molecule has 1 heterocycles. The zero-order valence-corrected chi connectivity index (χ0v) is 17.0. The molecule has 1 amide bonds. The van der Waals surface area contributed by atoms with Crippen LogP contribution in [-0.2, 0) is 19.4 Å². The molecule has 0 N–H and O–H groups in total. The van der Waals surface area contributed by atoms with E-state index < -0.39 is 21.9 Å². The number of carbonyl (C=O) groups excluding carboxylic acids is 2. The van der Waals surface area contributed by atoms with Crippen LogP contribution in [0.15, 0.2) is 24.3 Å². The molecule has 0 bridgehead atoms. The molecule has 27 heavy (non-hydrogen) atoms. The average molecular weight is 397 g/mol. The van der Waals surface area contributed by atoms with Crippen molar-refractivity contribution in [2.45, 2.75) is 52.4 Å². The largest absolute Gasteiger partial charge is 0.491 e. The van der Waals surface area contributed by atoms with E-state index in [4.69, 9.17) is 9.47 Å². The summed E-state index contributed by atoms with van der Waals surface area (Å²) in [5, 5.41) is 0. The van der Waals surface area contributed by atoms with Gasteiger partial charge in [0.15, 0.2) is 15.9 Å². The standard InChI is InChI=1S/C19H27NO6S/c1-5-20(16-10-11-27(23,24)12-16)18(21)14(4)26-19(22)15-6-8-17(9-7-15)25-13(2)3/h6-9,13-14,16H,5,10-12H2,1-4H3. The van der Waals surface area contributed by atoms with Crippen LogP contribution in [0.1, 0.15) is 44.5 Å². The molecule has 2 rings (SSSR count). The minimum Gasteiger partial charge on any atom is -0.491 e. The van der Waals surface area contributed by atoms with E-state index in [0.29, 0.717) is 24.3 Å². The van der Waals surface area contributed by atoms with Gasteiger partial charge in [-0.1, -0.05) is 0 Å². The lowest BCUT2D eigenvalue weighted by atomic mass is 10.2. The number of benzene rings is 1. The maximum absolute atomic E-state index is 12.6. The van der Waals surface area contributed by atoms with Crippen molar-refractivity contribution in [3.8, 4) is 5.75 Å². The van der Waals surface area contributed by atoms with E-state index in [1.165, 1.54) is 11.8 Å². The summed E-state index contributed by atoms with van der Waals surface area (Å²) in [4.78, 5) is 26.4. The minimum absolute atomic E-state index is 0.0277. The summed E-state index contributed by atoms with van der Waals surface area (Å²) in [6.07, 6.45) is -0.549. The minimum atomic E-state index is -3.10. The Morgan fingerprint density at radius 2 is 1.81 bits per heavy atom. The van der Waals surface area contributed by atoms with E-state index >= 15 is 0 Å². The Morgan fingerprint density at radius 3 is 2.30 bits per heavy atom. The third-order valence-corrected chi connectivity index (χ3v) is 6.12. The molecule has 0 aromatic heterocycles. The fourth-order valence-corrected chi connectivity index (χ4v) is 4.80. The third kappa shape index (κ3) is 5.69. The van der Waals surface area contributed by atoms with E-state index in [2.05, 4.69) is 0 Å².